The minimum atomic E-state index is 0.0126. The van der Waals surface area contributed by atoms with Gasteiger partial charge in [-0.15, -0.1) is 0 Å². The normalized spacial score (nSPS) is 17.1. The van der Waals surface area contributed by atoms with E-state index in [1.807, 2.05) is 0 Å². The summed E-state index contributed by atoms with van der Waals surface area (Å²) in [6.07, 6.45) is 2.29. The predicted octanol–water partition coefficient (Wildman–Crippen LogP) is 3.78. The van der Waals surface area contributed by atoms with Crippen LogP contribution in [-0.2, 0) is 4.74 Å². The largest absolute Gasteiger partial charge is 0.379 e. The first-order chi connectivity index (χ1) is 6.30. The molecule has 0 aromatic heterocycles. The van der Waals surface area contributed by atoms with E-state index in [4.69, 9.17) is 4.74 Å². The Labute approximate surface area is 95.0 Å². The van der Waals surface area contributed by atoms with E-state index in [0.717, 1.165) is 6.42 Å². The van der Waals surface area contributed by atoms with Gasteiger partial charge in [-0.2, -0.15) is 12.6 Å². The van der Waals surface area contributed by atoms with Crippen molar-refractivity contribution >= 4 is 12.6 Å². The van der Waals surface area contributed by atoms with Crippen molar-refractivity contribution in [2.24, 2.45) is 11.8 Å². The van der Waals surface area contributed by atoms with Gasteiger partial charge >= 0.3 is 0 Å². The SMILES string of the molecule is COC(C)(C)CCC(C)C(S)C(C)C. The molecule has 0 rings (SSSR count). The zero-order valence-corrected chi connectivity index (χ0v) is 11.4. The van der Waals surface area contributed by atoms with E-state index >= 15 is 0 Å². The van der Waals surface area contributed by atoms with Crippen molar-refractivity contribution in [3.8, 4) is 0 Å². The van der Waals surface area contributed by atoms with Crippen LogP contribution in [0.3, 0.4) is 0 Å². The quantitative estimate of drug-likeness (QED) is 0.668. The lowest BCUT2D eigenvalue weighted by Gasteiger charge is -2.28. The molecule has 0 fully saturated rings. The van der Waals surface area contributed by atoms with Crippen LogP contribution in [0.4, 0.5) is 0 Å². The first-order valence-electron chi connectivity index (χ1n) is 5.53. The molecule has 0 radical (unpaired) electrons. The molecule has 2 heteroatoms. The van der Waals surface area contributed by atoms with Crippen LogP contribution in [0.15, 0.2) is 0 Å². The molecule has 14 heavy (non-hydrogen) atoms. The van der Waals surface area contributed by atoms with E-state index in [0.29, 0.717) is 17.1 Å². The number of methoxy groups -OCH3 is 1. The van der Waals surface area contributed by atoms with Gasteiger partial charge in [-0.1, -0.05) is 20.8 Å². The van der Waals surface area contributed by atoms with Crippen LogP contribution in [0, 0.1) is 11.8 Å². The van der Waals surface area contributed by atoms with E-state index in [1.54, 1.807) is 7.11 Å². The third-order valence-electron chi connectivity index (χ3n) is 3.02. The summed E-state index contributed by atoms with van der Waals surface area (Å²) in [7, 11) is 1.78. The lowest BCUT2D eigenvalue weighted by atomic mass is 9.90. The summed E-state index contributed by atoms with van der Waals surface area (Å²) in [5.41, 5.74) is 0.0126. The van der Waals surface area contributed by atoms with Gasteiger partial charge in [0.1, 0.15) is 0 Å². The number of hydrogen-bond acceptors (Lipinski definition) is 2. The molecule has 0 heterocycles. The number of rotatable bonds is 6. The Hall–Kier alpha value is 0.310. The Kier molecular flexibility index (Phi) is 6.15. The van der Waals surface area contributed by atoms with Crippen LogP contribution in [0.2, 0.25) is 0 Å². The van der Waals surface area contributed by atoms with Gasteiger partial charge in [0.15, 0.2) is 0 Å². The zero-order chi connectivity index (χ0) is 11.4. The summed E-state index contributed by atoms with van der Waals surface area (Å²) in [4.78, 5) is 0. The van der Waals surface area contributed by atoms with E-state index in [-0.39, 0.29) is 5.60 Å². The van der Waals surface area contributed by atoms with Gasteiger partial charge in [-0.05, 0) is 38.5 Å². The molecule has 2 atom stereocenters. The molecule has 86 valence electrons. The fourth-order valence-corrected chi connectivity index (χ4v) is 1.65. The average Bonchev–Trinajstić information content (AvgIpc) is 2.13. The van der Waals surface area contributed by atoms with Crippen molar-refractivity contribution in [3.05, 3.63) is 0 Å². The highest BCUT2D eigenvalue weighted by molar-refractivity contribution is 7.81. The smallest absolute Gasteiger partial charge is 0.0622 e. The highest BCUT2D eigenvalue weighted by atomic mass is 32.1. The van der Waals surface area contributed by atoms with Gasteiger partial charge in [-0.3, -0.25) is 0 Å². The van der Waals surface area contributed by atoms with Crippen molar-refractivity contribution in [2.75, 3.05) is 7.11 Å². The maximum absolute atomic E-state index is 5.40. The van der Waals surface area contributed by atoms with E-state index in [1.165, 1.54) is 6.42 Å². The molecule has 0 aliphatic heterocycles. The molecule has 0 amide bonds. The molecular formula is C12H26OS. The maximum atomic E-state index is 5.40. The minimum absolute atomic E-state index is 0.0126. The summed E-state index contributed by atoms with van der Waals surface area (Å²) in [6.45, 7) is 11.0. The Morgan fingerprint density at radius 3 is 2.07 bits per heavy atom. The summed E-state index contributed by atoms with van der Waals surface area (Å²) < 4.78 is 5.40. The fraction of sp³-hybridized carbons (Fsp3) is 1.00. The van der Waals surface area contributed by atoms with Crippen LogP contribution >= 0.6 is 12.6 Å². The molecule has 0 N–H and O–H groups in total. The molecule has 0 saturated heterocycles. The molecule has 0 aliphatic carbocycles. The fourth-order valence-electron chi connectivity index (χ4n) is 1.51. The highest BCUT2D eigenvalue weighted by Crippen LogP contribution is 2.26. The van der Waals surface area contributed by atoms with Crippen LogP contribution in [0.5, 0.6) is 0 Å². The van der Waals surface area contributed by atoms with Crippen LogP contribution < -0.4 is 0 Å². The van der Waals surface area contributed by atoms with Gasteiger partial charge in [-0.25, -0.2) is 0 Å². The van der Waals surface area contributed by atoms with E-state index in [9.17, 15) is 0 Å². The molecule has 0 spiro atoms. The molecule has 0 bridgehead atoms. The molecule has 0 aromatic rings. The predicted molar refractivity (Wildman–Crippen MR) is 67.1 cm³/mol. The monoisotopic (exact) mass is 218 g/mol. The Morgan fingerprint density at radius 2 is 1.71 bits per heavy atom. The molecule has 0 aromatic carbocycles. The summed E-state index contributed by atoms with van der Waals surface area (Å²) in [5.74, 6) is 1.31. The van der Waals surface area contributed by atoms with Crippen LogP contribution in [-0.4, -0.2) is 18.0 Å². The summed E-state index contributed by atoms with van der Waals surface area (Å²) in [6, 6.07) is 0. The van der Waals surface area contributed by atoms with Gasteiger partial charge in [0.2, 0.25) is 0 Å². The number of thiol groups is 1. The topological polar surface area (TPSA) is 9.23 Å². The summed E-state index contributed by atoms with van der Waals surface area (Å²) >= 11 is 4.64. The lowest BCUT2D eigenvalue weighted by Crippen LogP contribution is -2.26. The minimum Gasteiger partial charge on any atom is -0.379 e. The Bertz CT molecular complexity index is 154. The zero-order valence-electron chi connectivity index (χ0n) is 10.5. The van der Waals surface area contributed by atoms with Crippen LogP contribution in [0.25, 0.3) is 0 Å². The molecule has 1 nitrogen and oxygen atoms in total. The van der Waals surface area contributed by atoms with Crippen molar-refractivity contribution < 1.29 is 4.74 Å². The standard InChI is InChI=1S/C12H26OS/c1-9(2)11(14)10(3)7-8-12(4,5)13-6/h9-11,14H,7-8H2,1-6H3. The highest BCUT2D eigenvalue weighted by Gasteiger charge is 2.21. The van der Waals surface area contributed by atoms with E-state index in [2.05, 4.69) is 47.2 Å². The van der Waals surface area contributed by atoms with Gasteiger partial charge in [0, 0.05) is 12.4 Å². The van der Waals surface area contributed by atoms with Crippen molar-refractivity contribution in [1.29, 1.82) is 0 Å². The molecule has 0 saturated carbocycles. The second-order valence-corrected chi connectivity index (χ2v) is 5.81. The lowest BCUT2D eigenvalue weighted by molar-refractivity contribution is 0.0105. The van der Waals surface area contributed by atoms with Gasteiger partial charge < -0.3 is 4.74 Å². The molecular weight excluding hydrogens is 192 g/mol. The number of ether oxygens (including phenoxy) is 1. The third-order valence-corrected chi connectivity index (χ3v) is 4.13. The van der Waals surface area contributed by atoms with Gasteiger partial charge in [0.05, 0.1) is 5.60 Å². The van der Waals surface area contributed by atoms with Gasteiger partial charge in [0.25, 0.3) is 0 Å². The average molecular weight is 218 g/mol. The first kappa shape index (κ1) is 14.3. The first-order valence-corrected chi connectivity index (χ1v) is 6.05. The third kappa shape index (κ3) is 5.26. The number of hydrogen-bond donors (Lipinski definition) is 1. The molecule has 2 unspecified atom stereocenters. The van der Waals surface area contributed by atoms with Crippen LogP contribution in [0.1, 0.15) is 47.5 Å². The van der Waals surface area contributed by atoms with Crippen molar-refractivity contribution in [2.45, 2.75) is 58.3 Å². The van der Waals surface area contributed by atoms with Crippen molar-refractivity contribution in [3.63, 3.8) is 0 Å². The second kappa shape index (κ2) is 6.02. The second-order valence-electron chi connectivity index (χ2n) is 5.21. The Morgan fingerprint density at radius 1 is 1.21 bits per heavy atom. The maximum Gasteiger partial charge on any atom is 0.0622 e. The van der Waals surface area contributed by atoms with E-state index < -0.39 is 0 Å². The molecule has 0 aliphatic rings. The Balaban J connectivity index is 3.90. The van der Waals surface area contributed by atoms with Crippen molar-refractivity contribution in [1.82, 2.24) is 0 Å². The summed E-state index contributed by atoms with van der Waals surface area (Å²) in [5, 5.41) is 0.502.